The maximum Gasteiger partial charge on any atom is 0.211 e. The molecule has 0 amide bonds. The van der Waals surface area contributed by atoms with Gasteiger partial charge in [-0.25, -0.2) is 21.5 Å². The number of aromatic nitrogens is 1. The van der Waals surface area contributed by atoms with Crippen molar-refractivity contribution in [2.45, 2.75) is 58.6 Å². The highest BCUT2D eigenvalue weighted by atomic mass is 32.2. The first-order valence-electron chi connectivity index (χ1n) is 12.1. The van der Waals surface area contributed by atoms with Crippen molar-refractivity contribution in [3.05, 3.63) is 59.4 Å². The Bertz CT molecular complexity index is 1280. The van der Waals surface area contributed by atoms with Gasteiger partial charge < -0.3 is 10.4 Å². The zero-order valence-electron chi connectivity index (χ0n) is 21.1. The lowest BCUT2D eigenvalue weighted by molar-refractivity contribution is 0.201. The van der Waals surface area contributed by atoms with E-state index in [-0.39, 0.29) is 17.1 Å². The third-order valence-corrected chi connectivity index (χ3v) is 7.47. The number of benzene rings is 1. The predicted octanol–water partition coefficient (Wildman–Crippen LogP) is 4.85. The fraction of sp³-hybridized carbons (Fsp3) is 0.462. The number of allylic oxidation sites excluding steroid dienone is 3. The third-order valence-electron chi connectivity index (χ3n) is 6.16. The summed E-state index contributed by atoms with van der Waals surface area (Å²) in [5, 5.41) is 13.4. The largest absolute Gasteiger partial charge is 0.389 e. The van der Waals surface area contributed by atoms with Crippen LogP contribution in [0.4, 0.5) is 8.78 Å². The summed E-state index contributed by atoms with van der Waals surface area (Å²) in [5.41, 5.74) is 1.23. The standard InChI is InChI=1S/C26H34F2N4O3S/c1-5-6-7-22(19-14-23-21(17(2)33)8-11-29-26(23)24(27)15-19)25(28)16-30-18(3)31-20-9-12-32(13-10-20)36(4,34)35/h7-8,11,14-17,20,33H,5-6,9-10,12-13H2,1-4H3,(H,30,31)/b22-7+,25-16+. The molecule has 1 atom stereocenters. The highest BCUT2D eigenvalue weighted by Gasteiger charge is 2.24. The van der Waals surface area contributed by atoms with Crippen LogP contribution in [0.25, 0.3) is 16.5 Å². The maximum absolute atomic E-state index is 15.4. The molecule has 1 aliphatic heterocycles. The minimum atomic E-state index is -3.21. The number of rotatable bonds is 8. The second kappa shape index (κ2) is 12.0. The topological polar surface area (TPSA) is 94.9 Å². The number of piperidine rings is 1. The number of pyridine rings is 1. The van der Waals surface area contributed by atoms with Crippen molar-refractivity contribution in [1.29, 1.82) is 0 Å². The molecule has 0 radical (unpaired) electrons. The molecule has 1 aromatic heterocycles. The first-order chi connectivity index (χ1) is 17.0. The summed E-state index contributed by atoms with van der Waals surface area (Å²) in [6, 6.07) is 4.48. The average Bonchev–Trinajstić information content (AvgIpc) is 2.82. The molecule has 2 aromatic rings. The Morgan fingerprint density at radius 3 is 2.67 bits per heavy atom. The van der Waals surface area contributed by atoms with Crippen LogP contribution < -0.4 is 5.32 Å². The van der Waals surface area contributed by atoms with Gasteiger partial charge in [-0.05, 0) is 62.4 Å². The minimum Gasteiger partial charge on any atom is -0.389 e. The Hall–Kier alpha value is -2.69. The van der Waals surface area contributed by atoms with Gasteiger partial charge in [-0.15, -0.1) is 0 Å². The van der Waals surface area contributed by atoms with E-state index in [1.807, 2.05) is 6.92 Å². The fourth-order valence-corrected chi connectivity index (χ4v) is 5.13. The molecule has 7 nitrogen and oxygen atoms in total. The molecule has 3 rings (SSSR count). The Morgan fingerprint density at radius 1 is 1.36 bits per heavy atom. The number of hydrogen-bond donors (Lipinski definition) is 2. The van der Waals surface area contributed by atoms with Gasteiger partial charge in [0.15, 0.2) is 0 Å². The van der Waals surface area contributed by atoms with Crippen molar-refractivity contribution in [3.63, 3.8) is 0 Å². The molecule has 1 fully saturated rings. The van der Waals surface area contributed by atoms with E-state index >= 15 is 4.39 Å². The zero-order chi connectivity index (χ0) is 26.5. The molecular formula is C26H34F2N4O3S. The van der Waals surface area contributed by atoms with Crippen molar-refractivity contribution in [1.82, 2.24) is 14.6 Å². The van der Waals surface area contributed by atoms with Crippen LogP contribution in [0.15, 0.2) is 47.5 Å². The molecule has 10 heteroatoms. The van der Waals surface area contributed by atoms with Crippen LogP contribution in [0.3, 0.4) is 0 Å². The van der Waals surface area contributed by atoms with Gasteiger partial charge >= 0.3 is 0 Å². The van der Waals surface area contributed by atoms with Gasteiger partial charge in [0.05, 0.1) is 24.2 Å². The minimum absolute atomic E-state index is 0.0527. The van der Waals surface area contributed by atoms with E-state index in [0.717, 1.165) is 6.42 Å². The first-order valence-corrected chi connectivity index (χ1v) is 13.9. The number of nitrogens with one attached hydrogen (secondary N) is 1. The molecule has 0 bridgehead atoms. The smallest absolute Gasteiger partial charge is 0.211 e. The quantitative estimate of drug-likeness (QED) is 0.295. The van der Waals surface area contributed by atoms with E-state index in [4.69, 9.17) is 0 Å². The van der Waals surface area contributed by atoms with Gasteiger partial charge in [-0.2, -0.15) is 0 Å². The van der Waals surface area contributed by atoms with Crippen molar-refractivity contribution in [2.75, 3.05) is 19.3 Å². The van der Waals surface area contributed by atoms with Crippen molar-refractivity contribution >= 4 is 32.3 Å². The lowest BCUT2D eigenvalue weighted by atomic mass is 9.97. The van der Waals surface area contributed by atoms with Gasteiger partial charge in [-0.3, -0.25) is 9.98 Å². The van der Waals surface area contributed by atoms with Crippen LogP contribution in [-0.2, 0) is 10.0 Å². The summed E-state index contributed by atoms with van der Waals surface area (Å²) in [6.45, 7) is 6.09. The van der Waals surface area contributed by atoms with Crippen LogP contribution in [0.2, 0.25) is 0 Å². The molecule has 2 N–H and O–H groups in total. The highest BCUT2D eigenvalue weighted by Crippen LogP contribution is 2.32. The number of hydrogen-bond acceptors (Lipinski definition) is 5. The summed E-state index contributed by atoms with van der Waals surface area (Å²) in [4.78, 5) is 8.65. The zero-order valence-corrected chi connectivity index (χ0v) is 21.9. The number of fused-ring (bicyclic) bond motifs is 1. The van der Waals surface area contributed by atoms with Gasteiger partial charge in [0.2, 0.25) is 10.0 Å². The number of nitrogens with zero attached hydrogens (tertiary/aromatic N) is 3. The Labute approximate surface area is 211 Å². The average molecular weight is 521 g/mol. The Morgan fingerprint density at radius 2 is 2.06 bits per heavy atom. The van der Waals surface area contributed by atoms with Gasteiger partial charge in [-0.1, -0.05) is 19.4 Å². The van der Waals surface area contributed by atoms with Gasteiger partial charge in [0, 0.05) is 36.4 Å². The monoisotopic (exact) mass is 520 g/mol. The predicted molar refractivity (Wildman–Crippen MR) is 140 cm³/mol. The van der Waals surface area contributed by atoms with Crippen LogP contribution in [0.1, 0.15) is 63.7 Å². The van der Waals surface area contributed by atoms with E-state index in [1.165, 1.54) is 29.0 Å². The second-order valence-corrected chi connectivity index (χ2v) is 11.1. The highest BCUT2D eigenvalue weighted by molar-refractivity contribution is 7.88. The Kier molecular flexibility index (Phi) is 9.32. The number of amidine groups is 1. The summed E-state index contributed by atoms with van der Waals surface area (Å²) >= 11 is 0. The van der Waals surface area contributed by atoms with Crippen molar-refractivity contribution in [2.24, 2.45) is 4.99 Å². The maximum atomic E-state index is 15.4. The van der Waals surface area contributed by atoms with E-state index in [0.29, 0.717) is 54.7 Å². The van der Waals surface area contributed by atoms with Crippen LogP contribution in [0.5, 0.6) is 0 Å². The lowest BCUT2D eigenvalue weighted by Gasteiger charge is -2.28. The molecule has 1 aliphatic rings. The first kappa shape index (κ1) is 27.9. The van der Waals surface area contributed by atoms with Crippen LogP contribution in [0, 0.1) is 5.82 Å². The number of aliphatic hydroxyl groups is 1. The molecule has 2 heterocycles. The van der Waals surface area contributed by atoms with Crippen LogP contribution >= 0.6 is 0 Å². The molecule has 1 aromatic carbocycles. The summed E-state index contributed by atoms with van der Waals surface area (Å²) in [7, 11) is -3.21. The molecule has 1 unspecified atom stereocenters. The van der Waals surface area contributed by atoms with Crippen LogP contribution in [-0.4, -0.2) is 54.0 Å². The molecule has 0 spiro atoms. The van der Waals surface area contributed by atoms with E-state index < -0.39 is 27.8 Å². The fourth-order valence-electron chi connectivity index (χ4n) is 4.25. The lowest BCUT2D eigenvalue weighted by Crippen LogP contribution is -2.39. The third kappa shape index (κ3) is 6.96. The molecule has 36 heavy (non-hydrogen) atoms. The Balaban J connectivity index is 1.84. The number of unbranched alkanes of at least 4 members (excludes halogenated alkanes) is 1. The molecule has 0 saturated carbocycles. The normalized spacial score (nSPS) is 18.0. The van der Waals surface area contributed by atoms with E-state index in [1.54, 1.807) is 32.1 Å². The number of aliphatic hydroxyl groups excluding tert-OH is 1. The number of aliphatic imine (C=N–C) groups is 1. The number of halogens is 2. The molecular weight excluding hydrogens is 486 g/mol. The summed E-state index contributed by atoms with van der Waals surface area (Å²) in [5.74, 6) is -0.666. The summed E-state index contributed by atoms with van der Waals surface area (Å²) in [6.07, 6.45) is 7.30. The summed E-state index contributed by atoms with van der Waals surface area (Å²) < 4.78 is 55.1. The van der Waals surface area contributed by atoms with Gasteiger partial charge in [0.1, 0.15) is 17.2 Å². The molecule has 0 aliphatic carbocycles. The molecule has 196 valence electrons. The van der Waals surface area contributed by atoms with E-state index in [9.17, 15) is 17.9 Å². The van der Waals surface area contributed by atoms with E-state index in [2.05, 4.69) is 15.3 Å². The number of sulfonamides is 1. The van der Waals surface area contributed by atoms with Crippen molar-refractivity contribution in [3.8, 4) is 0 Å². The van der Waals surface area contributed by atoms with Crippen molar-refractivity contribution < 1.29 is 22.3 Å². The molecule has 1 saturated heterocycles. The van der Waals surface area contributed by atoms with Gasteiger partial charge in [0.25, 0.3) is 0 Å². The second-order valence-electron chi connectivity index (χ2n) is 9.08. The SMILES string of the molecule is CCC/C=C(/C(F)=C\NC(C)=NC1CCN(S(C)(=O)=O)CC1)c1cc(F)c2nccc(C(C)O)c2c1.